The van der Waals surface area contributed by atoms with E-state index < -0.39 is 11.0 Å². The number of carbonyl (C=O) groups is 2. The molecule has 0 fully saturated rings. The van der Waals surface area contributed by atoms with Gasteiger partial charge in [0.2, 0.25) is 5.91 Å². The van der Waals surface area contributed by atoms with Crippen molar-refractivity contribution in [2.75, 3.05) is 32.6 Å². The second-order valence-electron chi connectivity index (χ2n) is 6.91. The van der Waals surface area contributed by atoms with Gasteiger partial charge < -0.3 is 19.9 Å². The van der Waals surface area contributed by atoms with Crippen LogP contribution in [0.5, 0.6) is 5.75 Å². The molecule has 0 radical (unpaired) electrons. The van der Waals surface area contributed by atoms with Gasteiger partial charge in [-0.3, -0.25) is 14.9 Å². The predicted octanol–water partition coefficient (Wildman–Crippen LogP) is 3.36. The molecule has 2 aromatic carbocycles. The number of benzene rings is 2. The third kappa shape index (κ3) is 6.02. The van der Waals surface area contributed by atoms with Gasteiger partial charge >= 0.3 is 6.09 Å². The van der Waals surface area contributed by atoms with Crippen LogP contribution in [0.1, 0.15) is 24.9 Å². The SMILES string of the molecule is CNC(CCN(C(C)=O)c1ccc([N+](=O)[O-])cc1)c1ccc(OC(=O)N(C)C)cc1. The second-order valence-corrected chi connectivity index (χ2v) is 6.91. The van der Waals surface area contributed by atoms with Crippen LogP contribution < -0.4 is 15.0 Å². The lowest BCUT2D eigenvalue weighted by atomic mass is 10.0. The maximum absolute atomic E-state index is 12.1. The molecule has 0 aliphatic carbocycles. The third-order valence-electron chi connectivity index (χ3n) is 4.59. The fraction of sp³-hybridized carbons (Fsp3) is 0.333. The largest absolute Gasteiger partial charge is 0.414 e. The van der Waals surface area contributed by atoms with Gasteiger partial charge in [0, 0.05) is 51.4 Å². The van der Waals surface area contributed by atoms with Crippen molar-refractivity contribution >= 4 is 23.4 Å². The van der Waals surface area contributed by atoms with Crippen molar-refractivity contribution in [3.05, 3.63) is 64.2 Å². The molecule has 2 amide bonds. The van der Waals surface area contributed by atoms with Gasteiger partial charge in [-0.1, -0.05) is 12.1 Å². The number of nitrogens with one attached hydrogen (secondary N) is 1. The number of carbonyl (C=O) groups excluding carboxylic acids is 2. The maximum Gasteiger partial charge on any atom is 0.414 e. The standard InChI is InChI=1S/C21H26N4O5/c1-15(26)24(17-7-9-18(10-8-17)25(28)29)14-13-20(22-2)16-5-11-19(12-6-16)30-21(27)23(3)4/h5-12,20,22H,13-14H2,1-4H3. The number of nitrogens with zero attached hydrogens (tertiary/aromatic N) is 3. The van der Waals surface area contributed by atoms with E-state index in [1.165, 1.54) is 24.0 Å². The Labute approximate surface area is 175 Å². The molecule has 0 aromatic heterocycles. The van der Waals surface area contributed by atoms with Gasteiger partial charge in [0.05, 0.1) is 4.92 Å². The normalized spacial score (nSPS) is 11.5. The lowest BCUT2D eigenvalue weighted by Crippen LogP contribution is -2.32. The van der Waals surface area contributed by atoms with Gasteiger partial charge in [0.15, 0.2) is 0 Å². The summed E-state index contributed by atoms with van der Waals surface area (Å²) in [5.74, 6) is 0.299. The molecule has 9 nitrogen and oxygen atoms in total. The van der Waals surface area contributed by atoms with Crippen molar-refractivity contribution < 1.29 is 19.2 Å². The zero-order chi connectivity index (χ0) is 22.3. The summed E-state index contributed by atoms with van der Waals surface area (Å²) in [6, 6.07) is 13.0. The quantitative estimate of drug-likeness (QED) is 0.525. The number of nitro benzene ring substituents is 1. The van der Waals surface area contributed by atoms with E-state index in [4.69, 9.17) is 4.74 Å². The van der Waals surface area contributed by atoms with Crippen LogP contribution in [0.15, 0.2) is 48.5 Å². The summed E-state index contributed by atoms with van der Waals surface area (Å²) < 4.78 is 5.22. The molecule has 0 bridgehead atoms. The van der Waals surface area contributed by atoms with Crippen molar-refractivity contribution in [2.45, 2.75) is 19.4 Å². The van der Waals surface area contributed by atoms with Crippen molar-refractivity contribution in [1.29, 1.82) is 0 Å². The van der Waals surface area contributed by atoms with E-state index in [0.29, 0.717) is 24.4 Å². The number of rotatable bonds is 8. The van der Waals surface area contributed by atoms with Gasteiger partial charge in [-0.15, -0.1) is 0 Å². The van der Waals surface area contributed by atoms with Crippen molar-refractivity contribution in [1.82, 2.24) is 10.2 Å². The first-order valence-electron chi connectivity index (χ1n) is 9.42. The molecule has 2 rings (SSSR count). The molecule has 9 heteroatoms. The van der Waals surface area contributed by atoms with Crippen LogP contribution in [0.4, 0.5) is 16.2 Å². The summed E-state index contributed by atoms with van der Waals surface area (Å²) in [4.78, 5) is 37.0. The Morgan fingerprint density at radius 1 is 1.10 bits per heavy atom. The maximum atomic E-state index is 12.1. The minimum atomic E-state index is -0.474. The minimum Gasteiger partial charge on any atom is -0.410 e. The topological polar surface area (TPSA) is 105 Å². The number of anilines is 1. The molecule has 0 spiro atoms. The lowest BCUT2D eigenvalue weighted by Gasteiger charge is -2.24. The first-order chi connectivity index (χ1) is 14.2. The van der Waals surface area contributed by atoms with Crippen LogP contribution in [0.25, 0.3) is 0 Å². The van der Waals surface area contributed by atoms with Crippen LogP contribution in [-0.2, 0) is 4.79 Å². The molecular formula is C21H26N4O5. The van der Waals surface area contributed by atoms with Crippen LogP contribution in [-0.4, -0.2) is 49.5 Å². The molecule has 1 N–H and O–H groups in total. The molecule has 0 heterocycles. The highest BCUT2D eigenvalue weighted by molar-refractivity contribution is 5.91. The number of hydrogen-bond donors (Lipinski definition) is 1. The highest BCUT2D eigenvalue weighted by Gasteiger charge is 2.17. The van der Waals surface area contributed by atoms with E-state index in [2.05, 4.69) is 5.32 Å². The van der Waals surface area contributed by atoms with E-state index in [0.717, 1.165) is 5.56 Å². The molecule has 0 saturated heterocycles. The first kappa shape index (κ1) is 22.8. The molecule has 30 heavy (non-hydrogen) atoms. The van der Waals surface area contributed by atoms with Crippen LogP contribution in [0, 0.1) is 10.1 Å². The molecule has 1 atom stereocenters. The third-order valence-corrected chi connectivity index (χ3v) is 4.59. The Hall–Kier alpha value is -3.46. The van der Waals surface area contributed by atoms with Crippen molar-refractivity contribution in [3.63, 3.8) is 0 Å². The molecule has 2 aromatic rings. The smallest absolute Gasteiger partial charge is 0.410 e. The molecule has 1 unspecified atom stereocenters. The van der Waals surface area contributed by atoms with E-state index in [-0.39, 0.29) is 17.6 Å². The van der Waals surface area contributed by atoms with Gasteiger partial charge in [-0.05, 0) is 43.3 Å². The summed E-state index contributed by atoms with van der Waals surface area (Å²) in [6.07, 6.45) is 0.164. The number of hydrogen-bond acceptors (Lipinski definition) is 6. The fourth-order valence-corrected chi connectivity index (χ4v) is 2.92. The number of non-ortho nitro benzene ring substituents is 1. The van der Waals surface area contributed by atoms with Gasteiger partial charge in [0.1, 0.15) is 5.75 Å². The molecule has 0 saturated carbocycles. The average molecular weight is 414 g/mol. The molecule has 160 valence electrons. The molecule has 0 aliphatic heterocycles. The van der Waals surface area contributed by atoms with Crippen LogP contribution in [0.3, 0.4) is 0 Å². The van der Waals surface area contributed by atoms with Crippen molar-refractivity contribution in [2.24, 2.45) is 0 Å². The Morgan fingerprint density at radius 2 is 1.70 bits per heavy atom. The minimum absolute atomic E-state index is 0.0228. The fourth-order valence-electron chi connectivity index (χ4n) is 2.92. The molecular weight excluding hydrogens is 388 g/mol. The van der Waals surface area contributed by atoms with Gasteiger partial charge in [-0.25, -0.2) is 4.79 Å². The van der Waals surface area contributed by atoms with E-state index in [1.807, 2.05) is 19.2 Å². The highest BCUT2D eigenvalue weighted by Crippen LogP contribution is 2.24. The van der Waals surface area contributed by atoms with Crippen LogP contribution >= 0.6 is 0 Å². The Kier molecular flexibility index (Phi) is 7.88. The number of ether oxygens (including phenoxy) is 1. The van der Waals surface area contributed by atoms with E-state index >= 15 is 0 Å². The second kappa shape index (κ2) is 10.4. The average Bonchev–Trinajstić information content (AvgIpc) is 2.72. The first-order valence-corrected chi connectivity index (χ1v) is 9.42. The van der Waals surface area contributed by atoms with Crippen molar-refractivity contribution in [3.8, 4) is 5.75 Å². The predicted molar refractivity (Wildman–Crippen MR) is 114 cm³/mol. The van der Waals surface area contributed by atoms with Crippen LogP contribution in [0.2, 0.25) is 0 Å². The van der Waals surface area contributed by atoms with Gasteiger partial charge in [-0.2, -0.15) is 0 Å². The number of nitro groups is 1. The molecule has 0 aliphatic rings. The highest BCUT2D eigenvalue weighted by atomic mass is 16.6. The van der Waals surface area contributed by atoms with E-state index in [1.54, 1.807) is 43.3 Å². The summed E-state index contributed by atoms with van der Waals surface area (Å²) in [5, 5.41) is 14.1. The number of amides is 2. The summed E-state index contributed by atoms with van der Waals surface area (Å²) >= 11 is 0. The Morgan fingerprint density at radius 3 is 2.17 bits per heavy atom. The summed E-state index contributed by atoms with van der Waals surface area (Å²) in [5.41, 5.74) is 1.56. The van der Waals surface area contributed by atoms with E-state index in [9.17, 15) is 19.7 Å². The van der Waals surface area contributed by atoms with Gasteiger partial charge in [0.25, 0.3) is 5.69 Å². The zero-order valence-corrected chi connectivity index (χ0v) is 17.5. The summed E-state index contributed by atoms with van der Waals surface area (Å²) in [6.45, 7) is 1.89. The Balaban J connectivity index is 2.07. The zero-order valence-electron chi connectivity index (χ0n) is 17.5. The Bertz CT molecular complexity index is 881. The lowest BCUT2D eigenvalue weighted by molar-refractivity contribution is -0.384. The summed E-state index contributed by atoms with van der Waals surface area (Å²) in [7, 11) is 5.05. The monoisotopic (exact) mass is 414 g/mol.